The van der Waals surface area contributed by atoms with E-state index in [9.17, 15) is 4.79 Å². The molecule has 2 unspecified atom stereocenters. The molecule has 0 aromatic rings. The number of carbonyl (C=O) groups excluding carboxylic acids is 1. The maximum Gasteiger partial charge on any atom is 0.325 e. The van der Waals surface area contributed by atoms with Gasteiger partial charge in [-0.05, 0) is 12.6 Å². The molecule has 0 saturated heterocycles. The average Bonchev–Trinajstić information content (AvgIpc) is 1.88. The van der Waals surface area contributed by atoms with Crippen molar-refractivity contribution in [1.29, 1.82) is 5.26 Å². The van der Waals surface area contributed by atoms with Crippen LogP contribution in [0, 0.1) is 23.2 Å². The summed E-state index contributed by atoms with van der Waals surface area (Å²) in [5, 5.41) is 8.55. The summed E-state index contributed by atoms with van der Waals surface area (Å²) in [6.45, 7) is 5.41. The van der Waals surface area contributed by atoms with Gasteiger partial charge in [0.1, 0.15) is 5.92 Å². The molecule has 0 fully saturated rings. The lowest BCUT2D eigenvalue weighted by atomic mass is 9.98. The van der Waals surface area contributed by atoms with Crippen LogP contribution in [-0.4, -0.2) is 12.6 Å². The molecule has 0 aliphatic heterocycles. The van der Waals surface area contributed by atoms with Gasteiger partial charge in [-0.3, -0.25) is 4.79 Å². The highest BCUT2D eigenvalue weighted by Crippen LogP contribution is 2.16. The van der Waals surface area contributed by atoms with Gasteiger partial charge in [0.05, 0.1) is 14.9 Å². The van der Waals surface area contributed by atoms with Gasteiger partial charge in [0, 0.05) is 0 Å². The molecule has 3 nitrogen and oxygen atoms in total. The smallest absolute Gasteiger partial charge is 0.325 e. The van der Waals surface area contributed by atoms with Crippen molar-refractivity contribution in [2.75, 3.05) is 6.66 Å². The SMILES string of the molecule is CPOC(=O)C(C#N)C(C)C. The molecule has 0 saturated carbocycles. The summed E-state index contributed by atoms with van der Waals surface area (Å²) in [6.07, 6.45) is 0. The number of nitrogens with zero attached hydrogens (tertiary/aromatic N) is 1. The lowest BCUT2D eigenvalue weighted by molar-refractivity contribution is -0.137. The van der Waals surface area contributed by atoms with Crippen LogP contribution in [0.3, 0.4) is 0 Å². The second-order valence-corrected chi connectivity index (χ2v) is 3.09. The van der Waals surface area contributed by atoms with E-state index in [-0.39, 0.29) is 14.7 Å². The fourth-order valence-corrected chi connectivity index (χ4v) is 0.966. The molecule has 0 aromatic carbocycles. The van der Waals surface area contributed by atoms with Crippen LogP contribution in [0.15, 0.2) is 0 Å². The highest BCUT2D eigenvalue weighted by molar-refractivity contribution is 7.31. The van der Waals surface area contributed by atoms with Crippen molar-refractivity contribution in [2.24, 2.45) is 11.8 Å². The zero-order chi connectivity index (χ0) is 8.85. The van der Waals surface area contributed by atoms with E-state index in [0.717, 1.165) is 0 Å². The monoisotopic (exact) mass is 173 g/mol. The van der Waals surface area contributed by atoms with E-state index in [2.05, 4.69) is 0 Å². The quantitative estimate of drug-likeness (QED) is 0.608. The Balaban J connectivity index is 4.06. The summed E-state index contributed by atoms with van der Waals surface area (Å²) in [5.41, 5.74) is 0. The van der Waals surface area contributed by atoms with Crippen molar-refractivity contribution >= 4 is 14.8 Å². The molecule has 0 radical (unpaired) electrons. The molecule has 0 aliphatic rings. The lowest BCUT2D eigenvalue weighted by Crippen LogP contribution is -2.18. The van der Waals surface area contributed by atoms with Crippen LogP contribution in [0.1, 0.15) is 13.8 Å². The summed E-state index contributed by atoms with van der Waals surface area (Å²) in [6, 6.07) is 1.92. The molecule has 4 heteroatoms. The topological polar surface area (TPSA) is 50.1 Å². The fraction of sp³-hybridized carbons (Fsp3) is 0.714. The van der Waals surface area contributed by atoms with Crippen LogP contribution in [-0.2, 0) is 9.32 Å². The van der Waals surface area contributed by atoms with Crippen LogP contribution < -0.4 is 0 Å². The summed E-state index contributed by atoms with van der Waals surface area (Å²) in [7, 11) is 0.126. The molecule has 0 N–H and O–H groups in total. The molecule has 0 amide bonds. The van der Waals surface area contributed by atoms with E-state index in [4.69, 9.17) is 9.79 Å². The van der Waals surface area contributed by atoms with Gasteiger partial charge in [0.25, 0.3) is 0 Å². The molecule has 0 aliphatic carbocycles. The van der Waals surface area contributed by atoms with Crippen LogP contribution in [0.2, 0.25) is 0 Å². The fourth-order valence-electron chi connectivity index (χ4n) is 0.638. The van der Waals surface area contributed by atoms with Gasteiger partial charge in [0.2, 0.25) is 0 Å². The molecule has 0 bridgehead atoms. The highest BCUT2D eigenvalue weighted by atomic mass is 31.1. The zero-order valence-electron chi connectivity index (χ0n) is 6.92. The van der Waals surface area contributed by atoms with E-state index in [0.29, 0.717) is 0 Å². The number of carbonyl (C=O) groups is 1. The largest absolute Gasteiger partial charge is 0.448 e. The molecule has 2 atom stereocenters. The van der Waals surface area contributed by atoms with Crippen molar-refractivity contribution in [3.63, 3.8) is 0 Å². The van der Waals surface area contributed by atoms with Gasteiger partial charge in [-0.25, -0.2) is 0 Å². The third kappa shape index (κ3) is 3.34. The number of hydrogen-bond acceptors (Lipinski definition) is 3. The Labute approximate surface area is 68.6 Å². The lowest BCUT2D eigenvalue weighted by Gasteiger charge is -2.10. The van der Waals surface area contributed by atoms with E-state index >= 15 is 0 Å². The minimum Gasteiger partial charge on any atom is -0.448 e. The molecule has 0 heterocycles. The third-order valence-corrected chi connectivity index (χ3v) is 1.67. The van der Waals surface area contributed by atoms with E-state index < -0.39 is 11.9 Å². The van der Waals surface area contributed by atoms with Crippen molar-refractivity contribution in [3.8, 4) is 6.07 Å². The summed E-state index contributed by atoms with van der Waals surface area (Å²) in [4.78, 5) is 11.0. The number of rotatable bonds is 3. The van der Waals surface area contributed by atoms with Crippen LogP contribution >= 0.6 is 8.81 Å². The Hall–Kier alpha value is -0.610. The van der Waals surface area contributed by atoms with E-state index in [1.54, 1.807) is 6.66 Å². The first-order valence-electron chi connectivity index (χ1n) is 3.40. The number of hydrogen-bond donors (Lipinski definition) is 0. The minimum atomic E-state index is -0.609. The van der Waals surface area contributed by atoms with Gasteiger partial charge in [-0.1, -0.05) is 13.8 Å². The zero-order valence-corrected chi connectivity index (χ0v) is 7.92. The van der Waals surface area contributed by atoms with Gasteiger partial charge in [0.15, 0.2) is 0 Å². The highest BCUT2D eigenvalue weighted by Gasteiger charge is 2.22. The Morgan fingerprint density at radius 3 is 2.45 bits per heavy atom. The van der Waals surface area contributed by atoms with Gasteiger partial charge in [-0.2, -0.15) is 5.26 Å². The molecule has 62 valence electrons. The standard InChI is InChI=1S/C7H12NO2P/c1-5(2)6(4-8)7(9)10-11-3/h5-6,11H,1-3H3. The van der Waals surface area contributed by atoms with Gasteiger partial charge in [-0.15, -0.1) is 0 Å². The molecular formula is C7H12NO2P. The maximum absolute atomic E-state index is 11.0. The first-order valence-corrected chi connectivity index (χ1v) is 4.81. The predicted molar refractivity (Wildman–Crippen MR) is 44.3 cm³/mol. The summed E-state index contributed by atoms with van der Waals surface area (Å²) >= 11 is 0. The summed E-state index contributed by atoms with van der Waals surface area (Å²) < 4.78 is 4.72. The minimum absolute atomic E-state index is 0.0313. The van der Waals surface area contributed by atoms with Gasteiger partial charge < -0.3 is 4.52 Å². The predicted octanol–water partition coefficient (Wildman–Crippen LogP) is 1.55. The summed E-state index contributed by atoms with van der Waals surface area (Å²) in [5.74, 6) is -0.977. The van der Waals surface area contributed by atoms with E-state index in [1.165, 1.54) is 0 Å². The molecular weight excluding hydrogens is 161 g/mol. The molecule has 11 heavy (non-hydrogen) atoms. The van der Waals surface area contributed by atoms with E-state index in [1.807, 2.05) is 19.9 Å². The first-order chi connectivity index (χ1) is 5.13. The average molecular weight is 173 g/mol. The molecule has 0 aromatic heterocycles. The Morgan fingerprint density at radius 1 is 1.64 bits per heavy atom. The van der Waals surface area contributed by atoms with Crippen LogP contribution in [0.5, 0.6) is 0 Å². The van der Waals surface area contributed by atoms with Crippen molar-refractivity contribution in [1.82, 2.24) is 0 Å². The Bertz CT molecular complexity index is 174. The second-order valence-electron chi connectivity index (χ2n) is 2.48. The normalized spacial score (nSPS) is 13.4. The van der Waals surface area contributed by atoms with Crippen molar-refractivity contribution in [3.05, 3.63) is 0 Å². The van der Waals surface area contributed by atoms with Gasteiger partial charge >= 0.3 is 5.97 Å². The molecule has 0 spiro atoms. The first kappa shape index (κ1) is 10.4. The van der Waals surface area contributed by atoms with Crippen molar-refractivity contribution in [2.45, 2.75) is 13.8 Å². The van der Waals surface area contributed by atoms with Crippen molar-refractivity contribution < 1.29 is 9.32 Å². The second kappa shape index (κ2) is 5.09. The van der Waals surface area contributed by atoms with Crippen LogP contribution in [0.25, 0.3) is 0 Å². The third-order valence-electron chi connectivity index (χ3n) is 1.26. The Morgan fingerprint density at radius 2 is 2.18 bits per heavy atom. The number of nitriles is 1. The molecule has 0 rings (SSSR count). The maximum atomic E-state index is 11.0. The van der Waals surface area contributed by atoms with Crippen LogP contribution in [0.4, 0.5) is 0 Å². The Kier molecular flexibility index (Phi) is 4.81.